The lowest BCUT2D eigenvalue weighted by Crippen LogP contribution is -2.21. The molecule has 5 rings (SSSR count). The minimum atomic E-state index is 0.708. The maximum Gasteiger partial charge on any atom is 0.163 e. The Labute approximate surface area is 185 Å². The number of ether oxygens (including phenoxy) is 2. The Morgan fingerprint density at radius 2 is 1.97 bits per heavy atom. The second kappa shape index (κ2) is 9.61. The van der Waals surface area contributed by atoms with Gasteiger partial charge >= 0.3 is 0 Å². The van der Waals surface area contributed by atoms with Gasteiger partial charge in [-0.3, -0.25) is 4.98 Å². The van der Waals surface area contributed by atoms with Crippen molar-refractivity contribution in [3.63, 3.8) is 0 Å². The topological polar surface area (TPSA) is 58.6 Å². The summed E-state index contributed by atoms with van der Waals surface area (Å²) in [5, 5.41) is 8.47. The number of likely N-dealkylation sites (tertiary alicyclic amines) is 1. The SMILES string of the molecule is COc1cc2c(NCC3CC3)c3c(nc2cc1OCCCN1CCCC1)CCNCC3. The highest BCUT2D eigenvalue weighted by atomic mass is 16.5. The molecule has 6 nitrogen and oxygen atoms in total. The Morgan fingerprint density at radius 1 is 1.13 bits per heavy atom. The van der Waals surface area contributed by atoms with Crippen LogP contribution in [-0.2, 0) is 12.8 Å². The minimum absolute atomic E-state index is 0.708. The molecule has 31 heavy (non-hydrogen) atoms. The number of fused-ring (bicyclic) bond motifs is 2. The fourth-order valence-electron chi connectivity index (χ4n) is 4.90. The molecule has 1 aliphatic carbocycles. The predicted molar refractivity (Wildman–Crippen MR) is 126 cm³/mol. The number of nitrogens with one attached hydrogen (secondary N) is 2. The molecule has 1 saturated heterocycles. The molecule has 0 unspecified atom stereocenters. The fraction of sp³-hybridized carbons (Fsp3) is 0.640. The van der Waals surface area contributed by atoms with Crippen molar-refractivity contribution < 1.29 is 9.47 Å². The molecule has 0 bridgehead atoms. The number of hydrogen-bond donors (Lipinski definition) is 2. The largest absolute Gasteiger partial charge is 0.493 e. The van der Waals surface area contributed by atoms with Gasteiger partial charge in [-0.1, -0.05) is 0 Å². The van der Waals surface area contributed by atoms with Gasteiger partial charge in [-0.2, -0.15) is 0 Å². The van der Waals surface area contributed by atoms with Gasteiger partial charge in [0.25, 0.3) is 0 Å². The number of benzene rings is 1. The summed E-state index contributed by atoms with van der Waals surface area (Å²) in [6.07, 6.45) is 8.39. The number of aromatic nitrogens is 1. The van der Waals surface area contributed by atoms with E-state index in [1.165, 1.54) is 55.7 Å². The molecule has 2 aromatic rings. The first-order valence-electron chi connectivity index (χ1n) is 12.1. The summed E-state index contributed by atoms with van der Waals surface area (Å²) in [5.41, 5.74) is 4.87. The monoisotopic (exact) mass is 424 g/mol. The number of hydrogen-bond acceptors (Lipinski definition) is 6. The molecule has 6 heteroatoms. The van der Waals surface area contributed by atoms with Gasteiger partial charge in [-0.05, 0) is 75.7 Å². The van der Waals surface area contributed by atoms with Crippen molar-refractivity contribution in [2.24, 2.45) is 5.92 Å². The standard InChI is InChI=1S/C25H36N4O2/c1-30-23-15-20-22(16-24(23)31-14-4-13-29-11-2-3-12-29)28-21-8-10-26-9-7-19(21)25(20)27-17-18-5-6-18/h15-16,18,26H,2-14,17H2,1H3,(H,27,28). The normalized spacial score (nSPS) is 19.3. The third-order valence-electron chi connectivity index (χ3n) is 6.89. The molecule has 2 fully saturated rings. The van der Waals surface area contributed by atoms with Crippen LogP contribution in [0.15, 0.2) is 12.1 Å². The zero-order valence-corrected chi connectivity index (χ0v) is 18.8. The van der Waals surface area contributed by atoms with Crippen LogP contribution in [0, 0.1) is 5.92 Å². The number of nitrogens with zero attached hydrogens (tertiary/aromatic N) is 2. The van der Waals surface area contributed by atoms with Gasteiger partial charge in [0.2, 0.25) is 0 Å². The molecule has 1 aromatic heterocycles. The predicted octanol–water partition coefficient (Wildman–Crippen LogP) is 3.62. The first kappa shape index (κ1) is 20.8. The molecule has 3 heterocycles. The summed E-state index contributed by atoms with van der Waals surface area (Å²) in [4.78, 5) is 7.61. The van der Waals surface area contributed by atoms with Gasteiger partial charge in [-0.25, -0.2) is 0 Å². The summed E-state index contributed by atoms with van der Waals surface area (Å²) in [7, 11) is 1.73. The molecule has 0 atom stereocenters. The maximum absolute atomic E-state index is 6.19. The summed E-state index contributed by atoms with van der Waals surface area (Å²) >= 11 is 0. The summed E-state index contributed by atoms with van der Waals surface area (Å²) < 4.78 is 11.9. The van der Waals surface area contributed by atoms with E-state index < -0.39 is 0 Å². The Bertz CT molecular complexity index is 906. The first-order chi connectivity index (χ1) is 15.3. The lowest BCUT2D eigenvalue weighted by atomic mass is 10.0. The highest BCUT2D eigenvalue weighted by molar-refractivity contribution is 5.95. The number of methoxy groups -OCH3 is 1. The molecule has 3 aliphatic rings. The zero-order chi connectivity index (χ0) is 21.0. The molecule has 168 valence electrons. The lowest BCUT2D eigenvalue weighted by Gasteiger charge is -2.19. The van der Waals surface area contributed by atoms with Gasteiger partial charge in [0.1, 0.15) is 0 Å². The molecule has 0 spiro atoms. The third-order valence-corrected chi connectivity index (χ3v) is 6.89. The van der Waals surface area contributed by atoms with E-state index in [0.29, 0.717) is 6.61 Å². The van der Waals surface area contributed by atoms with Crippen LogP contribution in [0.3, 0.4) is 0 Å². The molecule has 1 aromatic carbocycles. The molecule has 2 N–H and O–H groups in total. The number of rotatable bonds is 9. The van der Waals surface area contributed by atoms with E-state index in [-0.39, 0.29) is 0 Å². The maximum atomic E-state index is 6.19. The molecular formula is C25H36N4O2. The Morgan fingerprint density at radius 3 is 2.77 bits per heavy atom. The molecular weight excluding hydrogens is 388 g/mol. The van der Waals surface area contributed by atoms with Crippen molar-refractivity contribution in [3.05, 3.63) is 23.4 Å². The van der Waals surface area contributed by atoms with Crippen LogP contribution in [0.4, 0.5) is 5.69 Å². The minimum Gasteiger partial charge on any atom is -0.493 e. The first-order valence-corrected chi connectivity index (χ1v) is 12.1. The van der Waals surface area contributed by atoms with Crippen LogP contribution in [-0.4, -0.2) is 62.9 Å². The second-order valence-electron chi connectivity index (χ2n) is 9.26. The third kappa shape index (κ3) is 4.90. The lowest BCUT2D eigenvalue weighted by molar-refractivity contribution is 0.254. The van der Waals surface area contributed by atoms with Crippen LogP contribution in [0.25, 0.3) is 10.9 Å². The Balaban J connectivity index is 1.40. The van der Waals surface area contributed by atoms with Crippen LogP contribution in [0.2, 0.25) is 0 Å². The van der Waals surface area contributed by atoms with Crippen molar-refractivity contribution in [1.29, 1.82) is 0 Å². The van der Waals surface area contributed by atoms with Crippen LogP contribution in [0.1, 0.15) is 43.4 Å². The second-order valence-corrected chi connectivity index (χ2v) is 9.26. The van der Waals surface area contributed by atoms with Crippen LogP contribution >= 0.6 is 0 Å². The van der Waals surface area contributed by atoms with Gasteiger partial charge < -0.3 is 25.0 Å². The fourth-order valence-corrected chi connectivity index (χ4v) is 4.90. The number of anilines is 1. The van der Waals surface area contributed by atoms with Crippen molar-refractivity contribution in [3.8, 4) is 11.5 Å². The van der Waals surface area contributed by atoms with E-state index in [1.807, 2.05) is 0 Å². The molecule has 2 aliphatic heterocycles. The van der Waals surface area contributed by atoms with Crippen LogP contribution < -0.4 is 20.1 Å². The van der Waals surface area contributed by atoms with E-state index >= 15 is 0 Å². The number of pyridine rings is 1. The smallest absolute Gasteiger partial charge is 0.163 e. The van der Waals surface area contributed by atoms with E-state index in [4.69, 9.17) is 14.5 Å². The summed E-state index contributed by atoms with van der Waals surface area (Å²) in [6, 6.07) is 4.22. The zero-order valence-electron chi connectivity index (χ0n) is 18.8. The summed E-state index contributed by atoms with van der Waals surface area (Å²) in [6.45, 7) is 7.34. The van der Waals surface area contributed by atoms with Gasteiger partial charge in [-0.15, -0.1) is 0 Å². The van der Waals surface area contributed by atoms with Crippen molar-refractivity contribution >= 4 is 16.6 Å². The quantitative estimate of drug-likeness (QED) is 0.600. The van der Waals surface area contributed by atoms with Crippen molar-refractivity contribution in [2.75, 3.05) is 58.3 Å². The van der Waals surface area contributed by atoms with E-state index in [9.17, 15) is 0 Å². The van der Waals surface area contributed by atoms with Crippen LogP contribution in [0.5, 0.6) is 11.5 Å². The molecule has 1 saturated carbocycles. The highest BCUT2D eigenvalue weighted by Crippen LogP contribution is 2.39. The average molecular weight is 425 g/mol. The molecule has 0 radical (unpaired) electrons. The Kier molecular flexibility index (Phi) is 6.46. The van der Waals surface area contributed by atoms with Crippen molar-refractivity contribution in [1.82, 2.24) is 15.2 Å². The van der Waals surface area contributed by atoms with Gasteiger partial charge in [0.15, 0.2) is 11.5 Å². The van der Waals surface area contributed by atoms with Gasteiger partial charge in [0, 0.05) is 48.9 Å². The van der Waals surface area contributed by atoms with Crippen molar-refractivity contribution in [2.45, 2.75) is 44.9 Å². The summed E-state index contributed by atoms with van der Waals surface area (Å²) in [5.74, 6) is 2.43. The average Bonchev–Trinajstić information content (AvgIpc) is 3.53. The van der Waals surface area contributed by atoms with E-state index in [1.54, 1.807) is 7.11 Å². The van der Waals surface area contributed by atoms with E-state index in [0.717, 1.165) is 73.8 Å². The molecule has 0 amide bonds. The van der Waals surface area contributed by atoms with E-state index in [2.05, 4.69) is 27.7 Å². The van der Waals surface area contributed by atoms with Gasteiger partial charge in [0.05, 0.1) is 19.2 Å². The Hall–Kier alpha value is -2.05. The highest BCUT2D eigenvalue weighted by Gasteiger charge is 2.24.